The zero-order valence-corrected chi connectivity index (χ0v) is 48.8. The number of hydrogen-bond acceptors (Lipinski definition) is 0. The Hall–Kier alpha value is -7.54. The lowest BCUT2D eigenvalue weighted by Gasteiger charge is -2.36. The number of allylic oxidation sites excluding steroid dienone is 18. The average molecular weight is 1050 g/mol. The zero-order valence-electron chi connectivity index (χ0n) is 48.8. The number of fused-ring (bicyclic) bond motifs is 8. The summed E-state index contributed by atoms with van der Waals surface area (Å²) in [6.45, 7) is 16.9. The lowest BCUT2D eigenvalue weighted by atomic mass is 9.67. The third-order valence-corrected chi connectivity index (χ3v) is 21.0. The van der Waals surface area contributed by atoms with Crippen LogP contribution in [0.1, 0.15) is 156 Å². The van der Waals surface area contributed by atoms with Crippen LogP contribution in [0.3, 0.4) is 0 Å². The number of rotatable bonds is 8. The van der Waals surface area contributed by atoms with Gasteiger partial charge in [-0.1, -0.05) is 218 Å². The van der Waals surface area contributed by atoms with E-state index >= 15 is 0 Å². The van der Waals surface area contributed by atoms with Gasteiger partial charge in [-0.2, -0.15) is 0 Å². The van der Waals surface area contributed by atoms with Crippen LogP contribution in [0.4, 0.5) is 0 Å². The van der Waals surface area contributed by atoms with Crippen molar-refractivity contribution in [2.45, 2.75) is 130 Å². The van der Waals surface area contributed by atoms with Crippen molar-refractivity contribution in [3.63, 3.8) is 0 Å². The Balaban J connectivity index is 0.762. The standard InChI is InChI=1S/C81H76/c1-8-50-44-53(54-35-41-60-61-42-37-56(47-73(61)80(4,5)72(60)46-54)77-65-27-15-13-25-63(65)75(52-23-11-10-12-24-52)64-26-14-16-28-66(64)77)34-39-58(50)59-40-36-55(45-51(59)9-2)76-67-29-17-19-31-69(67)78(70-32-20-18-30-68(70)76)57-38-43-62-71-33-21-22-49(3)79(71)81(6,7)74(62)48-57/h13-23,25-36,39-41,44,46-48,51,63,65H,8-12,24,37-38,42-43,45H2,1-7H3. The van der Waals surface area contributed by atoms with Gasteiger partial charge in [-0.05, 0) is 244 Å². The minimum atomic E-state index is -0.100. The molecule has 3 atom stereocenters. The molecule has 0 spiro atoms. The van der Waals surface area contributed by atoms with Gasteiger partial charge in [0.1, 0.15) is 0 Å². The van der Waals surface area contributed by atoms with E-state index in [1.165, 1.54) is 147 Å². The van der Waals surface area contributed by atoms with Crippen LogP contribution in [0.15, 0.2) is 204 Å². The number of aryl methyl sites for hydroxylation is 2. The van der Waals surface area contributed by atoms with Gasteiger partial charge in [0.2, 0.25) is 0 Å². The second-order valence-corrected chi connectivity index (χ2v) is 26.0. The largest absolute Gasteiger partial charge is 0.0810 e. The van der Waals surface area contributed by atoms with Crippen molar-refractivity contribution in [2.24, 2.45) is 17.8 Å². The molecule has 8 aliphatic carbocycles. The van der Waals surface area contributed by atoms with Gasteiger partial charge in [-0.15, -0.1) is 0 Å². The Kier molecular flexibility index (Phi) is 12.0. The topological polar surface area (TPSA) is 0 Å². The van der Waals surface area contributed by atoms with Crippen LogP contribution in [0.5, 0.6) is 0 Å². The highest BCUT2D eigenvalue weighted by Gasteiger charge is 2.42. The Morgan fingerprint density at radius 1 is 0.506 bits per heavy atom. The molecule has 0 aliphatic heterocycles. The van der Waals surface area contributed by atoms with Crippen LogP contribution in [0, 0.1) is 24.7 Å². The lowest BCUT2D eigenvalue weighted by molar-refractivity contribution is 0.643. The molecular formula is C81H76. The van der Waals surface area contributed by atoms with Crippen molar-refractivity contribution < 1.29 is 0 Å². The zero-order chi connectivity index (χ0) is 54.9. The molecule has 81 heavy (non-hydrogen) atoms. The van der Waals surface area contributed by atoms with Gasteiger partial charge in [-0.25, -0.2) is 0 Å². The number of benzene rings is 7. The van der Waals surface area contributed by atoms with E-state index in [0.29, 0.717) is 17.8 Å². The van der Waals surface area contributed by atoms with Gasteiger partial charge in [0.05, 0.1) is 0 Å². The predicted molar refractivity (Wildman–Crippen MR) is 347 cm³/mol. The summed E-state index contributed by atoms with van der Waals surface area (Å²) in [6, 6.07) is 49.8. The first-order valence-electron chi connectivity index (χ1n) is 31.0. The molecule has 8 aliphatic rings. The second kappa shape index (κ2) is 19.3. The maximum Gasteiger partial charge on any atom is 0.0158 e. The molecule has 7 aromatic rings. The quantitative estimate of drug-likeness (QED) is 0.133. The van der Waals surface area contributed by atoms with Crippen molar-refractivity contribution in [3.8, 4) is 11.1 Å². The van der Waals surface area contributed by atoms with Crippen molar-refractivity contribution in [1.29, 1.82) is 0 Å². The molecule has 0 saturated heterocycles. The van der Waals surface area contributed by atoms with Gasteiger partial charge in [0.15, 0.2) is 0 Å². The molecule has 0 radical (unpaired) electrons. The van der Waals surface area contributed by atoms with E-state index in [-0.39, 0.29) is 10.8 Å². The fraction of sp³-hybridized carbons (Fsp3) is 0.284. The molecule has 15 rings (SSSR count). The molecule has 0 heteroatoms. The SMILES string of the molecule is CCc1cc(-c2ccc3c(c2)C(C)(C)C2=C3CCC(C3=c4ccccc4=C(C4=CCCCC4)C4C=CC=CC34)=C2)ccc1C1=CC=C(c2c3ccccc3c(C3=CC4=C(CC3)c3cccc(C)c3C4(C)C)c3ccccc23)CC1CC. The molecule has 0 nitrogen and oxygen atoms in total. The van der Waals surface area contributed by atoms with Crippen molar-refractivity contribution >= 4 is 60.6 Å². The van der Waals surface area contributed by atoms with E-state index in [2.05, 4.69) is 231 Å². The Bertz CT molecular complexity index is 4280. The summed E-state index contributed by atoms with van der Waals surface area (Å²) < 4.78 is 0. The maximum absolute atomic E-state index is 2.66. The summed E-state index contributed by atoms with van der Waals surface area (Å²) in [5, 5.41) is 8.43. The van der Waals surface area contributed by atoms with Crippen molar-refractivity contribution in [2.75, 3.05) is 0 Å². The van der Waals surface area contributed by atoms with E-state index in [4.69, 9.17) is 0 Å². The van der Waals surface area contributed by atoms with Crippen LogP contribution in [-0.2, 0) is 17.3 Å². The van der Waals surface area contributed by atoms with Gasteiger partial charge in [0, 0.05) is 22.7 Å². The first-order valence-corrected chi connectivity index (χ1v) is 31.0. The summed E-state index contributed by atoms with van der Waals surface area (Å²) in [4.78, 5) is 0. The first-order chi connectivity index (χ1) is 39.5. The molecule has 0 N–H and O–H groups in total. The normalized spacial score (nSPS) is 22.1. The van der Waals surface area contributed by atoms with E-state index in [1.807, 2.05) is 0 Å². The van der Waals surface area contributed by atoms with Gasteiger partial charge in [-0.3, -0.25) is 0 Å². The summed E-state index contributed by atoms with van der Waals surface area (Å²) in [7, 11) is 0. The summed E-state index contributed by atoms with van der Waals surface area (Å²) in [5.41, 5.74) is 32.4. The van der Waals surface area contributed by atoms with E-state index in [1.54, 1.807) is 33.4 Å². The van der Waals surface area contributed by atoms with Crippen molar-refractivity contribution in [1.82, 2.24) is 0 Å². The van der Waals surface area contributed by atoms with Crippen molar-refractivity contribution in [3.05, 3.63) is 265 Å². The Morgan fingerprint density at radius 2 is 1.10 bits per heavy atom. The molecule has 0 bridgehead atoms. The smallest absolute Gasteiger partial charge is 0.0158 e. The minimum absolute atomic E-state index is 0.0216. The third-order valence-electron chi connectivity index (χ3n) is 21.0. The Labute approximate surface area is 481 Å². The number of hydrogen-bond donors (Lipinski definition) is 0. The molecule has 0 saturated carbocycles. The van der Waals surface area contributed by atoms with Crippen LogP contribution < -0.4 is 10.4 Å². The van der Waals surface area contributed by atoms with E-state index in [9.17, 15) is 0 Å². The van der Waals surface area contributed by atoms with Crippen LogP contribution >= 0.6 is 0 Å². The van der Waals surface area contributed by atoms with Gasteiger partial charge < -0.3 is 0 Å². The molecule has 0 fully saturated rings. The molecule has 400 valence electrons. The van der Waals surface area contributed by atoms with Crippen LogP contribution in [0.2, 0.25) is 0 Å². The highest BCUT2D eigenvalue weighted by Crippen LogP contribution is 2.57. The fourth-order valence-corrected chi connectivity index (χ4v) is 17.2. The van der Waals surface area contributed by atoms with E-state index in [0.717, 1.165) is 44.9 Å². The minimum Gasteiger partial charge on any atom is -0.0810 e. The highest BCUT2D eigenvalue weighted by atomic mass is 14.5. The Morgan fingerprint density at radius 3 is 1.75 bits per heavy atom. The van der Waals surface area contributed by atoms with Crippen LogP contribution in [0.25, 0.3) is 71.7 Å². The lowest BCUT2D eigenvalue weighted by Crippen LogP contribution is -2.41. The van der Waals surface area contributed by atoms with E-state index < -0.39 is 0 Å². The fourth-order valence-electron chi connectivity index (χ4n) is 17.2. The molecular weight excluding hydrogens is 973 g/mol. The molecule has 0 aromatic heterocycles. The monoisotopic (exact) mass is 1050 g/mol. The average Bonchev–Trinajstić information content (AvgIpc) is 4.07. The van der Waals surface area contributed by atoms with Gasteiger partial charge in [0.25, 0.3) is 0 Å². The predicted octanol–water partition coefficient (Wildman–Crippen LogP) is 20.0. The molecule has 0 heterocycles. The maximum atomic E-state index is 2.66. The first kappa shape index (κ1) is 50.4. The van der Waals surface area contributed by atoms with Crippen LogP contribution in [-0.4, -0.2) is 0 Å². The highest BCUT2D eigenvalue weighted by molar-refractivity contribution is 6.17. The summed E-state index contributed by atoms with van der Waals surface area (Å²) in [6.07, 6.45) is 34.9. The van der Waals surface area contributed by atoms with Gasteiger partial charge >= 0.3 is 0 Å². The molecule has 3 unspecified atom stereocenters. The second-order valence-electron chi connectivity index (χ2n) is 26.0. The molecule has 0 amide bonds. The summed E-state index contributed by atoms with van der Waals surface area (Å²) >= 11 is 0. The summed E-state index contributed by atoms with van der Waals surface area (Å²) in [5.74, 6) is 1.17. The molecule has 7 aromatic carbocycles. The third kappa shape index (κ3) is 7.75.